The van der Waals surface area contributed by atoms with E-state index in [0.29, 0.717) is 4.83 Å². The van der Waals surface area contributed by atoms with E-state index in [1.54, 1.807) is 0 Å². The van der Waals surface area contributed by atoms with E-state index in [1.165, 1.54) is 12.8 Å². The second-order valence-electron chi connectivity index (χ2n) is 2.95. The molecular formula is C7H10BrCl3. The van der Waals surface area contributed by atoms with Crippen LogP contribution in [0.2, 0.25) is 0 Å². The first kappa shape index (κ1) is 10.4. The summed E-state index contributed by atoms with van der Waals surface area (Å²) in [5.41, 5.74) is 0. The topological polar surface area (TPSA) is 0 Å². The molecule has 1 fully saturated rings. The number of hydrogen-bond acceptors (Lipinski definition) is 0. The predicted molar refractivity (Wildman–Crippen MR) is 55.0 cm³/mol. The molecule has 0 aromatic carbocycles. The Morgan fingerprint density at radius 1 is 1.09 bits per heavy atom. The summed E-state index contributed by atoms with van der Waals surface area (Å²) in [6.07, 6.45) is 4.57. The summed E-state index contributed by atoms with van der Waals surface area (Å²) < 4.78 is -1.09. The van der Waals surface area contributed by atoms with Gasteiger partial charge < -0.3 is 0 Å². The molecule has 1 rings (SSSR count). The van der Waals surface area contributed by atoms with Crippen LogP contribution < -0.4 is 0 Å². The molecule has 0 amide bonds. The Labute approximate surface area is 90.7 Å². The van der Waals surface area contributed by atoms with Crippen molar-refractivity contribution >= 4 is 50.7 Å². The average molecular weight is 280 g/mol. The summed E-state index contributed by atoms with van der Waals surface area (Å²) >= 11 is 21.0. The van der Waals surface area contributed by atoms with Crippen molar-refractivity contribution in [3.63, 3.8) is 0 Å². The van der Waals surface area contributed by atoms with Crippen molar-refractivity contribution in [3.8, 4) is 0 Å². The second kappa shape index (κ2) is 4.04. The molecule has 4 heteroatoms. The van der Waals surface area contributed by atoms with Crippen LogP contribution in [0.25, 0.3) is 0 Å². The quantitative estimate of drug-likeness (QED) is 0.580. The molecule has 66 valence electrons. The van der Waals surface area contributed by atoms with Crippen molar-refractivity contribution in [2.24, 2.45) is 5.92 Å². The number of hydrogen-bond donors (Lipinski definition) is 0. The summed E-state index contributed by atoms with van der Waals surface area (Å²) in [7, 11) is 0. The van der Waals surface area contributed by atoms with Crippen molar-refractivity contribution in [3.05, 3.63) is 0 Å². The molecule has 0 aromatic rings. The Kier molecular flexibility index (Phi) is 3.83. The molecule has 2 atom stereocenters. The van der Waals surface area contributed by atoms with Crippen molar-refractivity contribution in [2.75, 3.05) is 0 Å². The van der Waals surface area contributed by atoms with E-state index in [-0.39, 0.29) is 5.92 Å². The van der Waals surface area contributed by atoms with Gasteiger partial charge >= 0.3 is 0 Å². The molecule has 0 heterocycles. The van der Waals surface area contributed by atoms with Gasteiger partial charge in [-0.15, -0.1) is 0 Å². The van der Waals surface area contributed by atoms with Gasteiger partial charge in [-0.05, 0) is 12.8 Å². The van der Waals surface area contributed by atoms with Crippen LogP contribution in [-0.4, -0.2) is 8.62 Å². The van der Waals surface area contributed by atoms with Crippen LogP contribution in [0.15, 0.2) is 0 Å². The summed E-state index contributed by atoms with van der Waals surface area (Å²) in [5.74, 6) is 0.182. The van der Waals surface area contributed by atoms with Crippen LogP contribution in [-0.2, 0) is 0 Å². The van der Waals surface area contributed by atoms with E-state index in [4.69, 9.17) is 34.8 Å². The Hall–Kier alpha value is 1.35. The molecule has 0 aromatic heterocycles. The first-order chi connectivity index (χ1) is 5.02. The van der Waals surface area contributed by atoms with Crippen LogP contribution in [0, 0.1) is 5.92 Å². The molecule has 1 aliphatic carbocycles. The van der Waals surface area contributed by atoms with Gasteiger partial charge in [0.15, 0.2) is 3.79 Å². The van der Waals surface area contributed by atoms with E-state index >= 15 is 0 Å². The first-order valence-electron chi connectivity index (χ1n) is 3.72. The van der Waals surface area contributed by atoms with Crippen molar-refractivity contribution in [2.45, 2.75) is 34.3 Å². The molecule has 0 unspecified atom stereocenters. The summed E-state index contributed by atoms with van der Waals surface area (Å²) in [4.78, 5) is 0.378. The highest BCUT2D eigenvalue weighted by molar-refractivity contribution is 9.09. The van der Waals surface area contributed by atoms with Crippen LogP contribution in [0.1, 0.15) is 25.7 Å². The molecule has 0 saturated heterocycles. The number of halogens is 4. The zero-order valence-electron chi connectivity index (χ0n) is 5.99. The fourth-order valence-electron chi connectivity index (χ4n) is 1.45. The van der Waals surface area contributed by atoms with Crippen LogP contribution in [0.5, 0.6) is 0 Å². The Morgan fingerprint density at radius 3 is 2.00 bits per heavy atom. The van der Waals surface area contributed by atoms with Crippen LogP contribution in [0.3, 0.4) is 0 Å². The lowest BCUT2D eigenvalue weighted by molar-refractivity contribution is 0.380. The molecule has 0 nitrogen and oxygen atoms in total. The van der Waals surface area contributed by atoms with Gasteiger partial charge in [-0.2, -0.15) is 0 Å². The highest BCUT2D eigenvalue weighted by atomic mass is 79.9. The smallest absolute Gasteiger partial charge is 0.0886 e. The summed E-state index contributed by atoms with van der Waals surface area (Å²) in [6.45, 7) is 0. The monoisotopic (exact) mass is 278 g/mol. The Bertz CT molecular complexity index is 132. The minimum atomic E-state index is -1.09. The Morgan fingerprint density at radius 2 is 1.64 bits per heavy atom. The number of rotatable bonds is 0. The SMILES string of the molecule is ClC(Cl)(Cl)[C@H]1CCCC[C@H]1Br. The largest absolute Gasteiger partial charge is 0.194 e. The third kappa shape index (κ3) is 2.95. The summed E-state index contributed by atoms with van der Waals surface area (Å²) in [6, 6.07) is 0. The molecule has 1 aliphatic rings. The van der Waals surface area contributed by atoms with Gasteiger partial charge in [0, 0.05) is 10.7 Å². The Balaban J connectivity index is 2.55. The van der Waals surface area contributed by atoms with Crippen molar-refractivity contribution < 1.29 is 0 Å². The molecule has 0 aliphatic heterocycles. The molecule has 0 radical (unpaired) electrons. The third-order valence-electron chi connectivity index (χ3n) is 2.10. The zero-order valence-corrected chi connectivity index (χ0v) is 9.85. The fourth-order valence-corrected chi connectivity index (χ4v) is 3.68. The van der Waals surface area contributed by atoms with E-state index in [1.807, 2.05) is 0 Å². The lowest BCUT2D eigenvalue weighted by atomic mass is 9.90. The van der Waals surface area contributed by atoms with E-state index in [2.05, 4.69) is 15.9 Å². The van der Waals surface area contributed by atoms with Gasteiger partial charge in [0.2, 0.25) is 0 Å². The molecule has 0 spiro atoms. The van der Waals surface area contributed by atoms with Gasteiger partial charge in [0.1, 0.15) is 0 Å². The third-order valence-corrected chi connectivity index (χ3v) is 4.04. The van der Waals surface area contributed by atoms with Crippen LogP contribution >= 0.6 is 50.7 Å². The molecule has 1 saturated carbocycles. The maximum Gasteiger partial charge on any atom is 0.194 e. The van der Waals surface area contributed by atoms with Gasteiger partial charge in [-0.3, -0.25) is 0 Å². The van der Waals surface area contributed by atoms with E-state index in [0.717, 1.165) is 12.8 Å². The van der Waals surface area contributed by atoms with Crippen molar-refractivity contribution in [1.82, 2.24) is 0 Å². The first-order valence-corrected chi connectivity index (χ1v) is 5.77. The average Bonchev–Trinajstić information content (AvgIpc) is 1.86. The standard InChI is InChI=1S/C7H10BrCl3/c8-6-4-2-1-3-5(6)7(9,10)11/h5-6H,1-4H2/t5-,6+/m0/s1. The van der Waals surface area contributed by atoms with Gasteiger partial charge in [0.05, 0.1) is 0 Å². The predicted octanol–water partition coefficient (Wildman–Crippen LogP) is 4.31. The lowest BCUT2D eigenvalue weighted by Gasteiger charge is -2.32. The van der Waals surface area contributed by atoms with E-state index < -0.39 is 3.79 Å². The molecule has 0 bridgehead atoms. The summed E-state index contributed by atoms with van der Waals surface area (Å²) in [5, 5.41) is 0. The molecule has 11 heavy (non-hydrogen) atoms. The normalized spacial score (nSPS) is 33.8. The van der Waals surface area contributed by atoms with Gasteiger partial charge in [-0.1, -0.05) is 63.6 Å². The molecular weight excluding hydrogens is 270 g/mol. The lowest BCUT2D eigenvalue weighted by Crippen LogP contribution is -2.30. The zero-order chi connectivity index (χ0) is 8.48. The second-order valence-corrected chi connectivity index (χ2v) is 6.49. The van der Waals surface area contributed by atoms with Crippen molar-refractivity contribution in [1.29, 1.82) is 0 Å². The minimum absolute atomic E-state index is 0.182. The van der Waals surface area contributed by atoms with Gasteiger partial charge in [0.25, 0.3) is 0 Å². The minimum Gasteiger partial charge on any atom is -0.0886 e. The number of alkyl halides is 4. The van der Waals surface area contributed by atoms with Crippen LogP contribution in [0.4, 0.5) is 0 Å². The van der Waals surface area contributed by atoms with E-state index in [9.17, 15) is 0 Å². The fraction of sp³-hybridized carbons (Fsp3) is 1.00. The maximum absolute atomic E-state index is 5.81. The maximum atomic E-state index is 5.81. The van der Waals surface area contributed by atoms with Gasteiger partial charge in [-0.25, -0.2) is 0 Å². The molecule has 0 N–H and O–H groups in total. The highest BCUT2D eigenvalue weighted by Crippen LogP contribution is 2.45. The highest BCUT2D eigenvalue weighted by Gasteiger charge is 2.38.